The third-order valence-corrected chi connectivity index (χ3v) is 4.10. The summed E-state index contributed by atoms with van der Waals surface area (Å²) in [6.07, 6.45) is 7.73. The third-order valence-electron chi connectivity index (χ3n) is 4.10. The molecule has 0 aromatic heterocycles. The third kappa shape index (κ3) is 6.19. The Morgan fingerprint density at radius 3 is 2.05 bits per heavy atom. The largest absolute Gasteiger partial charge is 0.332 e. The molecule has 0 aliphatic rings. The number of anilines is 1. The molecule has 3 heteroatoms. The van der Waals surface area contributed by atoms with Crippen molar-refractivity contribution in [2.45, 2.75) is 71.3 Å². The van der Waals surface area contributed by atoms with Crippen LogP contribution in [0.4, 0.5) is 10.5 Å². The molecule has 0 aliphatic carbocycles. The number of rotatable bonds is 9. The lowest BCUT2D eigenvalue weighted by Crippen LogP contribution is -2.49. The maximum absolute atomic E-state index is 12.3. The van der Waals surface area contributed by atoms with Crippen LogP contribution < -0.4 is 10.6 Å². The normalized spacial score (nSPS) is 11.2. The Kier molecular flexibility index (Phi) is 7.88. The fraction of sp³-hybridized carbons (Fsp3) is 0.611. The summed E-state index contributed by atoms with van der Waals surface area (Å²) in [6, 6.07) is 9.53. The summed E-state index contributed by atoms with van der Waals surface area (Å²) in [5.74, 6) is 0. The molecule has 0 atom stereocenters. The van der Waals surface area contributed by atoms with Gasteiger partial charge in [-0.1, -0.05) is 64.7 Å². The molecular weight excluding hydrogens is 260 g/mol. The summed E-state index contributed by atoms with van der Waals surface area (Å²) < 4.78 is 0. The van der Waals surface area contributed by atoms with Gasteiger partial charge in [-0.3, -0.25) is 0 Å². The number of unbranched alkanes of at least 4 members (excludes halogenated alkanes) is 2. The predicted molar refractivity (Wildman–Crippen MR) is 90.7 cm³/mol. The Labute approximate surface area is 129 Å². The van der Waals surface area contributed by atoms with Gasteiger partial charge in [-0.2, -0.15) is 0 Å². The minimum absolute atomic E-state index is 0.0646. The highest BCUT2D eigenvalue weighted by Gasteiger charge is 2.28. The van der Waals surface area contributed by atoms with Crippen molar-refractivity contribution in [3.8, 4) is 0 Å². The van der Waals surface area contributed by atoms with E-state index < -0.39 is 0 Å². The SMILES string of the molecule is CCCCC(CC)(CCCC)NC(=O)Nc1ccccc1. The molecule has 0 heterocycles. The second-order valence-corrected chi connectivity index (χ2v) is 5.79. The monoisotopic (exact) mass is 290 g/mol. The summed E-state index contributed by atoms with van der Waals surface area (Å²) in [6.45, 7) is 6.57. The summed E-state index contributed by atoms with van der Waals surface area (Å²) in [4.78, 5) is 12.3. The predicted octanol–water partition coefficient (Wildman–Crippen LogP) is 5.34. The molecule has 1 rings (SSSR count). The number of carbonyl (C=O) groups excluding carboxylic acids is 1. The molecule has 118 valence electrons. The van der Waals surface area contributed by atoms with Gasteiger partial charge in [0.15, 0.2) is 0 Å². The van der Waals surface area contributed by atoms with Gasteiger partial charge in [-0.25, -0.2) is 4.79 Å². The molecule has 0 aliphatic heterocycles. The van der Waals surface area contributed by atoms with E-state index in [2.05, 4.69) is 31.4 Å². The van der Waals surface area contributed by atoms with E-state index in [0.717, 1.165) is 50.6 Å². The average Bonchev–Trinajstić information content (AvgIpc) is 2.51. The number of amides is 2. The molecule has 1 aromatic rings. The molecule has 0 radical (unpaired) electrons. The van der Waals surface area contributed by atoms with Crippen molar-refractivity contribution >= 4 is 11.7 Å². The highest BCUT2D eigenvalue weighted by molar-refractivity contribution is 5.89. The average molecular weight is 290 g/mol. The Balaban J connectivity index is 2.67. The van der Waals surface area contributed by atoms with Crippen LogP contribution in [0.5, 0.6) is 0 Å². The van der Waals surface area contributed by atoms with Gasteiger partial charge in [0.05, 0.1) is 0 Å². The van der Waals surface area contributed by atoms with Gasteiger partial charge >= 0.3 is 6.03 Å². The van der Waals surface area contributed by atoms with Crippen LogP contribution in [0, 0.1) is 0 Å². The Hall–Kier alpha value is -1.51. The first-order valence-electron chi connectivity index (χ1n) is 8.30. The molecule has 0 fully saturated rings. The molecule has 0 spiro atoms. The molecule has 0 unspecified atom stereocenters. The zero-order valence-electron chi connectivity index (χ0n) is 13.7. The minimum Gasteiger partial charge on any atom is -0.332 e. The van der Waals surface area contributed by atoms with Crippen LogP contribution in [-0.4, -0.2) is 11.6 Å². The first-order valence-corrected chi connectivity index (χ1v) is 8.30. The van der Waals surface area contributed by atoms with Crippen LogP contribution in [0.3, 0.4) is 0 Å². The summed E-state index contributed by atoms with van der Waals surface area (Å²) in [7, 11) is 0. The van der Waals surface area contributed by atoms with Gasteiger partial charge in [0, 0.05) is 11.2 Å². The van der Waals surface area contributed by atoms with Gasteiger partial charge in [0.2, 0.25) is 0 Å². The van der Waals surface area contributed by atoms with E-state index >= 15 is 0 Å². The van der Waals surface area contributed by atoms with E-state index in [4.69, 9.17) is 0 Å². The van der Waals surface area contributed by atoms with E-state index in [0.29, 0.717) is 0 Å². The van der Waals surface area contributed by atoms with Crippen LogP contribution in [-0.2, 0) is 0 Å². The summed E-state index contributed by atoms with van der Waals surface area (Å²) in [5, 5.41) is 6.18. The van der Waals surface area contributed by atoms with Crippen molar-refractivity contribution in [3.05, 3.63) is 30.3 Å². The minimum atomic E-state index is -0.0877. The Morgan fingerprint density at radius 1 is 1.00 bits per heavy atom. The zero-order valence-corrected chi connectivity index (χ0v) is 13.7. The maximum atomic E-state index is 12.3. The molecular formula is C18H30N2O. The van der Waals surface area contributed by atoms with Crippen molar-refractivity contribution in [2.24, 2.45) is 0 Å². The number of carbonyl (C=O) groups is 1. The van der Waals surface area contributed by atoms with Gasteiger partial charge in [-0.05, 0) is 31.4 Å². The maximum Gasteiger partial charge on any atom is 0.319 e. The molecule has 21 heavy (non-hydrogen) atoms. The molecule has 3 nitrogen and oxygen atoms in total. The van der Waals surface area contributed by atoms with Crippen molar-refractivity contribution in [3.63, 3.8) is 0 Å². The Morgan fingerprint density at radius 2 is 1.57 bits per heavy atom. The molecule has 0 bridgehead atoms. The first kappa shape index (κ1) is 17.5. The van der Waals surface area contributed by atoms with Crippen molar-refractivity contribution < 1.29 is 4.79 Å². The van der Waals surface area contributed by atoms with Crippen molar-refractivity contribution in [1.29, 1.82) is 0 Å². The van der Waals surface area contributed by atoms with Gasteiger partial charge in [-0.15, -0.1) is 0 Å². The molecule has 0 saturated heterocycles. The molecule has 2 amide bonds. The van der Waals surface area contributed by atoms with Crippen molar-refractivity contribution in [1.82, 2.24) is 5.32 Å². The lowest BCUT2D eigenvalue weighted by atomic mass is 9.85. The second-order valence-electron chi connectivity index (χ2n) is 5.79. The number of para-hydroxylation sites is 1. The van der Waals surface area contributed by atoms with E-state index in [1.54, 1.807) is 0 Å². The number of nitrogens with one attached hydrogen (secondary N) is 2. The number of urea groups is 1. The molecule has 2 N–H and O–H groups in total. The van der Waals surface area contributed by atoms with Gasteiger partial charge < -0.3 is 10.6 Å². The second kappa shape index (κ2) is 9.43. The standard InChI is InChI=1S/C18H30N2O/c1-4-7-14-18(6-3,15-8-5-2)20-17(21)19-16-12-10-9-11-13-16/h9-13H,4-8,14-15H2,1-3H3,(H2,19,20,21). The van der Waals surface area contributed by atoms with Gasteiger partial charge in [0.25, 0.3) is 0 Å². The fourth-order valence-corrected chi connectivity index (χ4v) is 2.65. The lowest BCUT2D eigenvalue weighted by molar-refractivity contribution is 0.221. The number of hydrogen-bond acceptors (Lipinski definition) is 1. The molecule has 0 saturated carbocycles. The highest BCUT2D eigenvalue weighted by atomic mass is 16.2. The van der Waals surface area contributed by atoms with Crippen molar-refractivity contribution in [2.75, 3.05) is 5.32 Å². The number of hydrogen-bond donors (Lipinski definition) is 2. The first-order chi connectivity index (χ1) is 10.2. The summed E-state index contributed by atoms with van der Waals surface area (Å²) in [5.41, 5.74) is 0.774. The van der Waals surface area contributed by atoms with Crippen LogP contribution in [0.2, 0.25) is 0 Å². The van der Waals surface area contributed by atoms with E-state index in [9.17, 15) is 4.79 Å². The number of benzene rings is 1. The van der Waals surface area contributed by atoms with Gasteiger partial charge in [0.1, 0.15) is 0 Å². The van der Waals surface area contributed by atoms with Crippen LogP contribution in [0.1, 0.15) is 65.7 Å². The lowest BCUT2D eigenvalue weighted by Gasteiger charge is -2.34. The van der Waals surface area contributed by atoms with E-state index in [1.165, 1.54) is 0 Å². The summed E-state index contributed by atoms with van der Waals surface area (Å²) >= 11 is 0. The van der Waals surface area contributed by atoms with Crippen LogP contribution >= 0.6 is 0 Å². The Bertz CT molecular complexity index is 395. The fourth-order valence-electron chi connectivity index (χ4n) is 2.65. The molecule has 1 aromatic carbocycles. The highest BCUT2D eigenvalue weighted by Crippen LogP contribution is 2.25. The zero-order chi connectivity index (χ0) is 15.6. The van der Waals surface area contributed by atoms with E-state index in [-0.39, 0.29) is 11.6 Å². The smallest absolute Gasteiger partial charge is 0.319 e. The van der Waals surface area contributed by atoms with Crippen LogP contribution in [0.25, 0.3) is 0 Å². The van der Waals surface area contributed by atoms with Crippen LogP contribution in [0.15, 0.2) is 30.3 Å². The quantitative estimate of drug-likeness (QED) is 0.633. The van der Waals surface area contributed by atoms with E-state index in [1.807, 2.05) is 30.3 Å². The topological polar surface area (TPSA) is 41.1 Å².